The van der Waals surface area contributed by atoms with Gasteiger partial charge in [0.05, 0.1) is 6.61 Å². The minimum atomic E-state index is -1.48. The summed E-state index contributed by atoms with van der Waals surface area (Å²) in [4.78, 5) is 10.9. The van der Waals surface area contributed by atoms with Crippen LogP contribution in [0.2, 0.25) is 0 Å². The van der Waals surface area contributed by atoms with Gasteiger partial charge in [-0.15, -0.1) is 6.58 Å². The quantitative estimate of drug-likeness (QED) is 0.462. The van der Waals surface area contributed by atoms with Gasteiger partial charge in [-0.3, -0.25) is 4.79 Å². The van der Waals surface area contributed by atoms with Gasteiger partial charge in [-0.05, 0) is 6.42 Å². The largest absolute Gasteiger partial charge is 0.394 e. The lowest BCUT2D eigenvalue weighted by molar-refractivity contribution is -0.134. The molecule has 2 unspecified atom stereocenters. The molecule has 0 radical (unpaired) electrons. The van der Waals surface area contributed by atoms with Crippen LogP contribution in [0.15, 0.2) is 12.7 Å². The fourth-order valence-corrected chi connectivity index (χ4v) is 0.707. The van der Waals surface area contributed by atoms with Crippen LogP contribution < -0.4 is 0 Å². The van der Waals surface area contributed by atoms with Crippen molar-refractivity contribution in [2.24, 2.45) is 0 Å². The highest BCUT2D eigenvalue weighted by Gasteiger charge is 2.22. The zero-order valence-electron chi connectivity index (χ0n) is 6.81. The summed E-state index contributed by atoms with van der Waals surface area (Å²) in [7, 11) is 0. The molecule has 0 bridgehead atoms. The van der Waals surface area contributed by atoms with Crippen LogP contribution in [0.3, 0.4) is 0 Å². The molecule has 0 aromatic rings. The van der Waals surface area contributed by atoms with Crippen molar-refractivity contribution in [3.8, 4) is 0 Å². The summed E-state index contributed by atoms with van der Waals surface area (Å²) in [6.45, 7) is 2.80. The molecule has 4 heteroatoms. The van der Waals surface area contributed by atoms with Crippen LogP contribution >= 0.6 is 0 Å². The van der Waals surface area contributed by atoms with Crippen molar-refractivity contribution in [1.29, 1.82) is 0 Å². The van der Waals surface area contributed by atoms with Crippen molar-refractivity contribution in [2.75, 3.05) is 6.61 Å². The van der Waals surface area contributed by atoms with Crippen LogP contribution in [0.25, 0.3) is 0 Å². The molecule has 0 spiro atoms. The molecule has 0 rings (SSSR count). The second-order valence-electron chi connectivity index (χ2n) is 2.49. The van der Waals surface area contributed by atoms with E-state index in [-0.39, 0.29) is 6.42 Å². The van der Waals surface area contributed by atoms with E-state index in [0.29, 0.717) is 6.42 Å². The summed E-state index contributed by atoms with van der Waals surface area (Å²) >= 11 is 0. The molecule has 0 aliphatic heterocycles. The summed E-state index contributed by atoms with van der Waals surface area (Å²) in [6.07, 6.45) is -0.691. The first-order valence-electron chi connectivity index (χ1n) is 3.74. The molecular weight excluding hydrogens is 160 g/mol. The Labute approximate surface area is 71.1 Å². The summed E-state index contributed by atoms with van der Waals surface area (Å²) in [6, 6.07) is 0. The lowest BCUT2D eigenvalue weighted by Gasteiger charge is -2.13. The Balaban J connectivity index is 3.83. The molecule has 2 atom stereocenters. The van der Waals surface area contributed by atoms with Crippen molar-refractivity contribution >= 4 is 5.78 Å². The molecule has 0 aliphatic carbocycles. The molecule has 0 saturated heterocycles. The highest BCUT2D eigenvalue weighted by Crippen LogP contribution is 2.00. The zero-order valence-corrected chi connectivity index (χ0v) is 6.81. The van der Waals surface area contributed by atoms with Crippen molar-refractivity contribution < 1.29 is 20.1 Å². The van der Waals surface area contributed by atoms with Gasteiger partial charge in [-0.25, -0.2) is 0 Å². The lowest BCUT2D eigenvalue weighted by Crippen LogP contribution is -2.36. The fraction of sp³-hybridized carbons (Fsp3) is 0.625. The number of carbonyl (C=O) groups excluding carboxylic acids is 1. The van der Waals surface area contributed by atoms with Crippen LogP contribution in [-0.2, 0) is 4.79 Å². The molecule has 0 saturated carbocycles. The van der Waals surface area contributed by atoms with Crippen LogP contribution in [0.1, 0.15) is 12.8 Å². The Bertz CT molecular complexity index is 155. The molecule has 0 fully saturated rings. The Hall–Kier alpha value is -0.710. The maximum Gasteiger partial charge on any atom is 0.164 e. The summed E-state index contributed by atoms with van der Waals surface area (Å²) in [5.74, 6) is -0.476. The number of rotatable bonds is 6. The molecule has 0 heterocycles. The van der Waals surface area contributed by atoms with Gasteiger partial charge in [0.1, 0.15) is 12.2 Å². The van der Waals surface area contributed by atoms with Gasteiger partial charge < -0.3 is 15.3 Å². The molecule has 0 aromatic heterocycles. The molecule has 0 amide bonds. The minimum Gasteiger partial charge on any atom is -0.394 e. The molecule has 0 aliphatic rings. The van der Waals surface area contributed by atoms with E-state index in [1.165, 1.54) is 0 Å². The molecular formula is C8H14O4. The van der Waals surface area contributed by atoms with Gasteiger partial charge in [0, 0.05) is 6.42 Å². The molecule has 70 valence electrons. The van der Waals surface area contributed by atoms with Crippen molar-refractivity contribution in [3.05, 3.63) is 12.7 Å². The SMILES string of the molecule is C=CCCC(=O)C(O)C(O)CO. The van der Waals surface area contributed by atoms with Gasteiger partial charge in [0.15, 0.2) is 5.78 Å². The number of aliphatic hydroxyl groups excluding tert-OH is 3. The van der Waals surface area contributed by atoms with Crippen LogP contribution in [0.4, 0.5) is 0 Å². The van der Waals surface area contributed by atoms with E-state index in [2.05, 4.69) is 6.58 Å². The predicted octanol–water partition coefficient (Wildman–Crippen LogP) is -0.764. The van der Waals surface area contributed by atoms with Gasteiger partial charge in [0.2, 0.25) is 0 Å². The Morgan fingerprint density at radius 1 is 1.50 bits per heavy atom. The number of allylic oxidation sites excluding steroid dienone is 1. The average Bonchev–Trinajstić information content (AvgIpc) is 2.11. The first kappa shape index (κ1) is 11.3. The highest BCUT2D eigenvalue weighted by molar-refractivity contribution is 5.83. The number of aliphatic hydroxyl groups is 3. The fourth-order valence-electron chi connectivity index (χ4n) is 0.707. The standard InChI is InChI=1S/C8H14O4/c1-2-3-4-6(10)8(12)7(11)5-9/h2,7-9,11-12H,1,3-5H2. The summed E-state index contributed by atoms with van der Waals surface area (Å²) in [5, 5.41) is 26.3. The molecule has 4 nitrogen and oxygen atoms in total. The third-order valence-electron chi connectivity index (χ3n) is 1.48. The molecule has 0 aromatic carbocycles. The number of carbonyl (C=O) groups is 1. The van der Waals surface area contributed by atoms with Gasteiger partial charge in [-0.2, -0.15) is 0 Å². The lowest BCUT2D eigenvalue weighted by atomic mass is 10.1. The van der Waals surface area contributed by atoms with E-state index in [4.69, 9.17) is 15.3 Å². The second kappa shape index (κ2) is 5.88. The normalized spacial score (nSPS) is 15.2. The van der Waals surface area contributed by atoms with Gasteiger partial charge >= 0.3 is 0 Å². The van der Waals surface area contributed by atoms with E-state index in [1.807, 2.05) is 0 Å². The average molecular weight is 174 g/mol. The maximum atomic E-state index is 10.9. The monoisotopic (exact) mass is 174 g/mol. The summed E-state index contributed by atoms with van der Waals surface area (Å²) in [5.41, 5.74) is 0. The Kier molecular flexibility index (Phi) is 5.53. The van der Waals surface area contributed by atoms with Gasteiger partial charge in [0.25, 0.3) is 0 Å². The number of Topliss-reactive ketones (excluding diaryl/α,β-unsaturated/α-hetero) is 1. The Morgan fingerprint density at radius 3 is 2.50 bits per heavy atom. The third kappa shape index (κ3) is 3.61. The first-order valence-corrected chi connectivity index (χ1v) is 3.74. The highest BCUT2D eigenvalue weighted by atomic mass is 16.4. The van der Waals surface area contributed by atoms with E-state index in [9.17, 15) is 4.79 Å². The van der Waals surface area contributed by atoms with Gasteiger partial charge in [-0.1, -0.05) is 6.08 Å². The third-order valence-corrected chi connectivity index (χ3v) is 1.48. The second-order valence-corrected chi connectivity index (χ2v) is 2.49. The maximum absolute atomic E-state index is 10.9. The topological polar surface area (TPSA) is 77.8 Å². The van der Waals surface area contributed by atoms with Crippen LogP contribution in [0.5, 0.6) is 0 Å². The van der Waals surface area contributed by atoms with Crippen molar-refractivity contribution in [3.63, 3.8) is 0 Å². The first-order chi connectivity index (χ1) is 5.63. The molecule has 3 N–H and O–H groups in total. The number of ketones is 1. The van der Waals surface area contributed by atoms with E-state index >= 15 is 0 Å². The van der Waals surface area contributed by atoms with E-state index in [1.54, 1.807) is 6.08 Å². The Morgan fingerprint density at radius 2 is 2.08 bits per heavy atom. The predicted molar refractivity (Wildman–Crippen MR) is 43.5 cm³/mol. The van der Waals surface area contributed by atoms with Crippen molar-refractivity contribution in [1.82, 2.24) is 0 Å². The zero-order chi connectivity index (χ0) is 9.56. The minimum absolute atomic E-state index is 0.141. The number of hydrogen-bond acceptors (Lipinski definition) is 4. The van der Waals surface area contributed by atoms with E-state index < -0.39 is 24.6 Å². The number of hydrogen-bond donors (Lipinski definition) is 3. The molecule has 12 heavy (non-hydrogen) atoms. The van der Waals surface area contributed by atoms with Crippen LogP contribution in [0, 0.1) is 0 Å². The summed E-state index contributed by atoms with van der Waals surface area (Å²) < 4.78 is 0. The smallest absolute Gasteiger partial charge is 0.164 e. The van der Waals surface area contributed by atoms with Crippen molar-refractivity contribution in [2.45, 2.75) is 25.0 Å². The van der Waals surface area contributed by atoms with Crippen LogP contribution in [-0.4, -0.2) is 39.9 Å². The van der Waals surface area contributed by atoms with E-state index in [0.717, 1.165) is 0 Å².